The number of fused-ring (bicyclic) bond motifs is 1. The van der Waals surface area contributed by atoms with E-state index in [0.717, 1.165) is 17.5 Å². The average Bonchev–Trinajstić information content (AvgIpc) is 2.83. The molecule has 23 heavy (non-hydrogen) atoms. The molecule has 122 valence electrons. The molecule has 2 heterocycles. The molecule has 1 atom stereocenters. The Labute approximate surface area is 152 Å². The third kappa shape index (κ3) is 3.03. The van der Waals surface area contributed by atoms with Crippen LogP contribution in [-0.2, 0) is 4.79 Å². The van der Waals surface area contributed by atoms with E-state index in [4.69, 9.17) is 40.5 Å². The van der Waals surface area contributed by atoms with Crippen molar-refractivity contribution in [3.63, 3.8) is 0 Å². The number of hydrogen-bond acceptors (Lipinski definition) is 3. The van der Waals surface area contributed by atoms with Crippen LogP contribution in [-0.4, -0.2) is 29.3 Å². The number of hydrogen-bond donors (Lipinski definition) is 1. The largest absolute Gasteiger partial charge is 0.368 e. The van der Waals surface area contributed by atoms with E-state index in [1.54, 1.807) is 12.1 Å². The Balaban J connectivity index is 2.05. The van der Waals surface area contributed by atoms with Crippen molar-refractivity contribution in [2.24, 2.45) is 5.73 Å². The van der Waals surface area contributed by atoms with Gasteiger partial charge in [-0.25, -0.2) is 0 Å². The summed E-state index contributed by atoms with van der Waals surface area (Å²) in [4.78, 5) is 26.4. The Kier molecular flexibility index (Phi) is 4.74. The van der Waals surface area contributed by atoms with E-state index in [0.29, 0.717) is 38.3 Å². The second-order valence-electron chi connectivity index (χ2n) is 5.42. The summed E-state index contributed by atoms with van der Waals surface area (Å²) in [5.74, 6) is -0.775. The Hall–Kier alpha value is -1.01. The number of likely N-dealkylation sites (tertiary alicyclic amines) is 1. The molecular weight excluding hydrogens is 379 g/mol. The molecule has 2 aromatic rings. The van der Waals surface area contributed by atoms with Crippen LogP contribution < -0.4 is 5.73 Å². The van der Waals surface area contributed by atoms with Crippen LogP contribution >= 0.6 is 46.1 Å². The molecule has 2 amide bonds. The number of rotatable bonds is 2. The van der Waals surface area contributed by atoms with Crippen LogP contribution in [0.3, 0.4) is 0 Å². The molecule has 0 spiro atoms. The highest BCUT2D eigenvalue weighted by atomic mass is 35.5. The minimum atomic E-state index is -0.586. The maximum absolute atomic E-state index is 12.9. The molecule has 3 rings (SSSR count). The molecule has 0 bridgehead atoms. The Morgan fingerprint density at radius 3 is 2.65 bits per heavy atom. The van der Waals surface area contributed by atoms with Crippen LogP contribution in [0.2, 0.25) is 15.1 Å². The third-order valence-corrected chi connectivity index (χ3v) is 6.07. The number of benzene rings is 1. The van der Waals surface area contributed by atoms with E-state index in [2.05, 4.69) is 0 Å². The maximum atomic E-state index is 12.9. The van der Waals surface area contributed by atoms with Crippen molar-refractivity contribution in [1.82, 2.24) is 4.90 Å². The minimum Gasteiger partial charge on any atom is -0.368 e. The number of nitrogens with zero attached hydrogens (tertiary/aromatic N) is 1. The predicted octanol–water partition coefficient (Wildman–Crippen LogP) is 4.34. The van der Waals surface area contributed by atoms with E-state index in [1.165, 1.54) is 16.2 Å². The molecule has 8 heteroatoms. The van der Waals surface area contributed by atoms with Crippen LogP contribution in [0.5, 0.6) is 0 Å². The molecule has 0 saturated carbocycles. The second kappa shape index (κ2) is 6.48. The summed E-state index contributed by atoms with van der Waals surface area (Å²) < 4.78 is 0.739. The highest BCUT2D eigenvalue weighted by molar-refractivity contribution is 7.21. The molecule has 1 saturated heterocycles. The zero-order chi connectivity index (χ0) is 16.7. The summed E-state index contributed by atoms with van der Waals surface area (Å²) >= 11 is 19.8. The molecule has 0 radical (unpaired) electrons. The first-order valence-corrected chi connectivity index (χ1v) is 9.02. The minimum absolute atomic E-state index is 0.285. The number of amides is 2. The third-order valence-electron chi connectivity index (χ3n) is 3.94. The van der Waals surface area contributed by atoms with Gasteiger partial charge >= 0.3 is 0 Å². The van der Waals surface area contributed by atoms with Crippen molar-refractivity contribution in [3.8, 4) is 0 Å². The van der Waals surface area contributed by atoms with Crippen LogP contribution in [0.1, 0.15) is 28.9 Å². The summed E-state index contributed by atoms with van der Waals surface area (Å²) in [7, 11) is 0. The smallest absolute Gasteiger partial charge is 0.266 e. The van der Waals surface area contributed by atoms with Gasteiger partial charge in [0.25, 0.3) is 5.91 Å². The monoisotopic (exact) mass is 390 g/mol. The Morgan fingerprint density at radius 1 is 1.22 bits per heavy atom. The zero-order valence-electron chi connectivity index (χ0n) is 11.9. The van der Waals surface area contributed by atoms with Gasteiger partial charge < -0.3 is 10.6 Å². The molecular formula is C15H13Cl3N2O2S. The van der Waals surface area contributed by atoms with Crippen LogP contribution in [0.15, 0.2) is 12.1 Å². The summed E-state index contributed by atoms with van der Waals surface area (Å²) in [5.41, 5.74) is 5.43. The van der Waals surface area contributed by atoms with Gasteiger partial charge in [0.2, 0.25) is 5.91 Å². The number of thiophene rings is 1. The van der Waals surface area contributed by atoms with Gasteiger partial charge in [-0.15, -0.1) is 11.3 Å². The van der Waals surface area contributed by atoms with E-state index < -0.39 is 11.9 Å². The van der Waals surface area contributed by atoms with Crippen molar-refractivity contribution in [1.29, 1.82) is 0 Å². The molecule has 1 aliphatic rings. The number of halogens is 3. The van der Waals surface area contributed by atoms with E-state index in [9.17, 15) is 9.59 Å². The lowest BCUT2D eigenvalue weighted by Gasteiger charge is -2.33. The van der Waals surface area contributed by atoms with Crippen LogP contribution in [0, 0.1) is 0 Å². The normalized spacial score (nSPS) is 18.4. The zero-order valence-corrected chi connectivity index (χ0v) is 15.0. The molecule has 0 aliphatic carbocycles. The summed E-state index contributed by atoms with van der Waals surface area (Å²) in [5, 5.41) is 1.79. The quantitative estimate of drug-likeness (QED) is 0.827. The molecule has 4 nitrogen and oxygen atoms in total. The van der Waals surface area contributed by atoms with Crippen molar-refractivity contribution in [2.75, 3.05) is 6.54 Å². The highest BCUT2D eigenvalue weighted by Crippen LogP contribution is 2.42. The van der Waals surface area contributed by atoms with Crippen molar-refractivity contribution >= 4 is 68.0 Å². The standard InChI is InChI=1S/C15H13Cl3N2O2S/c16-7-5-8(17)11-10(6-7)23-13(12(11)18)15(22)20-4-2-1-3-9(20)14(19)21/h5-6,9H,1-4H2,(H2,19,21). The lowest BCUT2D eigenvalue weighted by Crippen LogP contribution is -2.50. The van der Waals surface area contributed by atoms with Crippen molar-refractivity contribution in [3.05, 3.63) is 32.1 Å². The van der Waals surface area contributed by atoms with Crippen LogP contribution in [0.25, 0.3) is 10.1 Å². The number of primary amides is 1. The van der Waals surface area contributed by atoms with E-state index in [1.807, 2.05) is 0 Å². The van der Waals surface area contributed by atoms with Crippen molar-refractivity contribution in [2.45, 2.75) is 25.3 Å². The molecule has 2 N–H and O–H groups in total. The molecule has 1 aliphatic heterocycles. The summed E-state index contributed by atoms with van der Waals surface area (Å²) in [6, 6.07) is 2.72. The first-order chi connectivity index (χ1) is 10.9. The molecule has 1 unspecified atom stereocenters. The van der Waals surface area contributed by atoms with Crippen molar-refractivity contribution < 1.29 is 9.59 Å². The predicted molar refractivity (Wildman–Crippen MR) is 94.7 cm³/mol. The Bertz CT molecular complexity index is 806. The molecule has 1 fully saturated rings. The lowest BCUT2D eigenvalue weighted by atomic mass is 10.0. The van der Waals surface area contributed by atoms with Gasteiger partial charge in [-0.2, -0.15) is 0 Å². The second-order valence-corrected chi connectivity index (χ2v) is 7.69. The van der Waals surface area contributed by atoms with Gasteiger partial charge in [-0.05, 0) is 31.4 Å². The number of nitrogens with two attached hydrogens (primary N) is 1. The van der Waals surface area contributed by atoms with Gasteiger partial charge in [0.1, 0.15) is 10.9 Å². The van der Waals surface area contributed by atoms with Gasteiger partial charge in [0, 0.05) is 21.7 Å². The fraction of sp³-hybridized carbons (Fsp3) is 0.333. The Morgan fingerprint density at radius 2 is 1.96 bits per heavy atom. The highest BCUT2D eigenvalue weighted by Gasteiger charge is 2.33. The molecule has 1 aromatic carbocycles. The first kappa shape index (κ1) is 16.8. The van der Waals surface area contributed by atoms with E-state index in [-0.39, 0.29) is 5.91 Å². The lowest BCUT2D eigenvalue weighted by molar-refractivity contribution is -0.123. The molecule has 1 aromatic heterocycles. The summed E-state index contributed by atoms with van der Waals surface area (Å²) in [6.45, 7) is 0.492. The average molecular weight is 392 g/mol. The van der Waals surface area contributed by atoms with Gasteiger partial charge in [0.05, 0.1) is 10.0 Å². The van der Waals surface area contributed by atoms with E-state index >= 15 is 0 Å². The SMILES string of the molecule is NC(=O)C1CCCCN1C(=O)c1sc2cc(Cl)cc(Cl)c2c1Cl. The number of carbonyl (C=O) groups excluding carboxylic acids is 2. The topological polar surface area (TPSA) is 63.4 Å². The first-order valence-electron chi connectivity index (χ1n) is 7.07. The van der Waals surface area contributed by atoms with Gasteiger partial charge in [0.15, 0.2) is 0 Å². The fourth-order valence-corrected chi connectivity index (χ4v) is 5.18. The fourth-order valence-electron chi connectivity index (χ4n) is 2.85. The maximum Gasteiger partial charge on any atom is 0.266 e. The van der Waals surface area contributed by atoms with Gasteiger partial charge in [-0.3, -0.25) is 9.59 Å². The number of piperidine rings is 1. The van der Waals surface area contributed by atoms with Crippen LogP contribution in [0.4, 0.5) is 0 Å². The van der Waals surface area contributed by atoms with Gasteiger partial charge in [-0.1, -0.05) is 34.8 Å². The number of carbonyl (C=O) groups is 2. The summed E-state index contributed by atoms with van der Waals surface area (Å²) in [6.07, 6.45) is 2.29.